The molecule has 0 unspecified atom stereocenters. The van der Waals surface area contributed by atoms with Crippen LogP contribution in [0.1, 0.15) is 35.3 Å². The number of hydrogen-bond acceptors (Lipinski definition) is 3. The molecule has 1 N–H and O–H groups in total. The fraction of sp³-hybridized carbons (Fsp3) is 0.364. The molecule has 5 heteroatoms. The molecule has 0 spiro atoms. The van der Waals surface area contributed by atoms with E-state index in [1.54, 1.807) is 19.2 Å². The van der Waals surface area contributed by atoms with Crippen LogP contribution >= 0.6 is 0 Å². The Morgan fingerprint density at radius 2 is 1.52 bits per heavy atom. The van der Waals surface area contributed by atoms with Crippen LogP contribution in [0.3, 0.4) is 0 Å². The highest BCUT2D eigenvalue weighted by molar-refractivity contribution is 5.93. The van der Waals surface area contributed by atoms with E-state index < -0.39 is 0 Å². The number of benzene rings is 2. The van der Waals surface area contributed by atoms with Crippen LogP contribution in [-0.4, -0.2) is 48.3 Å². The van der Waals surface area contributed by atoms with E-state index in [1.807, 2.05) is 73.2 Å². The molecule has 5 nitrogen and oxygen atoms in total. The molecule has 0 fully saturated rings. The number of amides is 2. The number of nitrogens with zero attached hydrogens (tertiary/aromatic N) is 2. The number of likely N-dealkylation sites (N-methyl/N-ethyl adjacent to an activating group) is 1. The predicted molar refractivity (Wildman–Crippen MR) is 108 cm³/mol. The molecule has 0 saturated carbocycles. The molecular formula is C22H29N3O2. The van der Waals surface area contributed by atoms with E-state index in [0.717, 1.165) is 11.1 Å². The number of rotatable bonds is 8. The molecule has 2 amide bonds. The second kappa shape index (κ2) is 9.88. The van der Waals surface area contributed by atoms with Crippen LogP contribution < -0.4 is 5.32 Å². The first kappa shape index (κ1) is 20.6. The minimum absolute atomic E-state index is 0.0985. The molecule has 0 aliphatic rings. The summed E-state index contributed by atoms with van der Waals surface area (Å²) in [6.45, 7) is 5.70. The van der Waals surface area contributed by atoms with Crippen molar-refractivity contribution in [1.82, 2.24) is 15.1 Å². The zero-order valence-electron chi connectivity index (χ0n) is 16.6. The Hall–Kier alpha value is -2.66. The van der Waals surface area contributed by atoms with Crippen molar-refractivity contribution >= 4 is 11.8 Å². The third-order valence-electron chi connectivity index (χ3n) is 4.44. The topological polar surface area (TPSA) is 52.7 Å². The van der Waals surface area contributed by atoms with E-state index in [-0.39, 0.29) is 17.9 Å². The third-order valence-corrected chi connectivity index (χ3v) is 4.44. The molecule has 0 heterocycles. The van der Waals surface area contributed by atoms with E-state index >= 15 is 0 Å². The normalized spacial score (nSPS) is 10.9. The largest absolute Gasteiger partial charge is 0.355 e. The van der Waals surface area contributed by atoms with Gasteiger partial charge < -0.3 is 10.2 Å². The molecular weight excluding hydrogens is 338 g/mol. The Kier molecular flexibility index (Phi) is 7.55. The zero-order chi connectivity index (χ0) is 19.8. The van der Waals surface area contributed by atoms with Crippen LogP contribution in [0.2, 0.25) is 0 Å². The fourth-order valence-corrected chi connectivity index (χ4v) is 2.93. The molecule has 144 valence electrons. The highest BCUT2D eigenvalue weighted by Crippen LogP contribution is 2.11. The predicted octanol–water partition coefficient (Wildman–Crippen LogP) is 2.92. The maximum Gasteiger partial charge on any atom is 0.251 e. The molecule has 2 rings (SSSR count). The van der Waals surface area contributed by atoms with Crippen LogP contribution in [0, 0.1) is 0 Å². The third kappa shape index (κ3) is 6.22. The van der Waals surface area contributed by atoms with E-state index in [2.05, 4.69) is 5.32 Å². The molecule has 0 aliphatic heterocycles. The molecule has 0 aliphatic carbocycles. The Balaban J connectivity index is 1.95. The standard InChI is InChI=1S/C22H29N3O2/c1-17(2)25(15-18-8-6-5-7-9-18)21(26)16-24(4)14-19-10-12-20(13-11-19)22(27)23-3/h5-13,17H,14-16H2,1-4H3,(H,23,27). The van der Waals surface area contributed by atoms with Crippen molar-refractivity contribution in [3.8, 4) is 0 Å². The summed E-state index contributed by atoms with van der Waals surface area (Å²) in [5.41, 5.74) is 2.83. The van der Waals surface area contributed by atoms with Gasteiger partial charge >= 0.3 is 0 Å². The summed E-state index contributed by atoms with van der Waals surface area (Å²) in [6.07, 6.45) is 0. The number of nitrogens with one attached hydrogen (secondary N) is 1. The SMILES string of the molecule is CNC(=O)c1ccc(CN(C)CC(=O)N(Cc2ccccc2)C(C)C)cc1. The smallest absolute Gasteiger partial charge is 0.251 e. The van der Waals surface area contributed by atoms with Crippen LogP contribution in [0.15, 0.2) is 54.6 Å². The highest BCUT2D eigenvalue weighted by atomic mass is 16.2. The molecule has 27 heavy (non-hydrogen) atoms. The summed E-state index contributed by atoms with van der Waals surface area (Å²) >= 11 is 0. The first-order chi connectivity index (χ1) is 12.9. The van der Waals surface area contributed by atoms with Crippen molar-refractivity contribution in [2.24, 2.45) is 0 Å². The van der Waals surface area contributed by atoms with Crippen molar-refractivity contribution in [2.45, 2.75) is 33.0 Å². The molecule has 2 aromatic carbocycles. The van der Waals surface area contributed by atoms with E-state index in [0.29, 0.717) is 25.2 Å². The van der Waals surface area contributed by atoms with Gasteiger partial charge in [-0.3, -0.25) is 14.5 Å². The average Bonchev–Trinajstić information content (AvgIpc) is 2.66. The van der Waals surface area contributed by atoms with Gasteiger partial charge in [-0.05, 0) is 44.2 Å². The Morgan fingerprint density at radius 1 is 0.926 bits per heavy atom. The van der Waals surface area contributed by atoms with Crippen molar-refractivity contribution in [3.63, 3.8) is 0 Å². The fourth-order valence-electron chi connectivity index (χ4n) is 2.93. The van der Waals surface area contributed by atoms with Gasteiger partial charge in [0.15, 0.2) is 0 Å². The molecule has 0 aromatic heterocycles. The number of carbonyl (C=O) groups is 2. The van der Waals surface area contributed by atoms with E-state index in [4.69, 9.17) is 0 Å². The summed E-state index contributed by atoms with van der Waals surface area (Å²) < 4.78 is 0. The van der Waals surface area contributed by atoms with E-state index in [1.165, 1.54) is 0 Å². The summed E-state index contributed by atoms with van der Waals surface area (Å²) in [5.74, 6) is 0.0110. The van der Waals surface area contributed by atoms with Gasteiger partial charge in [0.05, 0.1) is 6.54 Å². The Bertz CT molecular complexity index is 742. The molecule has 0 bridgehead atoms. The molecule has 0 saturated heterocycles. The van der Waals surface area contributed by atoms with Crippen LogP contribution in [0.4, 0.5) is 0 Å². The van der Waals surface area contributed by atoms with Gasteiger partial charge in [0.1, 0.15) is 0 Å². The minimum Gasteiger partial charge on any atom is -0.355 e. The quantitative estimate of drug-likeness (QED) is 0.780. The second-order valence-corrected chi connectivity index (χ2v) is 7.05. The van der Waals surface area contributed by atoms with Crippen molar-refractivity contribution < 1.29 is 9.59 Å². The lowest BCUT2D eigenvalue weighted by Crippen LogP contribution is -2.42. The molecule has 0 atom stereocenters. The zero-order valence-corrected chi connectivity index (χ0v) is 16.6. The highest BCUT2D eigenvalue weighted by Gasteiger charge is 2.19. The van der Waals surface area contributed by atoms with Gasteiger partial charge in [-0.1, -0.05) is 42.5 Å². The lowest BCUT2D eigenvalue weighted by atomic mass is 10.1. The minimum atomic E-state index is -0.0985. The van der Waals surface area contributed by atoms with Gasteiger partial charge in [0.25, 0.3) is 5.91 Å². The summed E-state index contributed by atoms with van der Waals surface area (Å²) in [4.78, 5) is 28.3. The first-order valence-corrected chi connectivity index (χ1v) is 9.23. The maximum absolute atomic E-state index is 12.8. The molecule has 2 aromatic rings. The van der Waals surface area contributed by atoms with Gasteiger partial charge in [-0.2, -0.15) is 0 Å². The molecule has 0 radical (unpaired) electrons. The Labute approximate surface area is 162 Å². The van der Waals surface area contributed by atoms with Crippen molar-refractivity contribution in [2.75, 3.05) is 20.6 Å². The lowest BCUT2D eigenvalue weighted by molar-refractivity contribution is -0.134. The monoisotopic (exact) mass is 367 g/mol. The van der Waals surface area contributed by atoms with Gasteiger partial charge in [0.2, 0.25) is 5.91 Å². The summed E-state index contributed by atoms with van der Waals surface area (Å²) in [7, 11) is 3.55. The number of hydrogen-bond donors (Lipinski definition) is 1. The maximum atomic E-state index is 12.8. The number of carbonyl (C=O) groups excluding carboxylic acids is 2. The average molecular weight is 367 g/mol. The summed E-state index contributed by atoms with van der Waals surface area (Å²) in [5, 5.41) is 2.61. The Morgan fingerprint density at radius 3 is 2.07 bits per heavy atom. The van der Waals surface area contributed by atoms with Crippen LogP contribution in [-0.2, 0) is 17.9 Å². The second-order valence-electron chi connectivity index (χ2n) is 7.05. The van der Waals surface area contributed by atoms with Gasteiger partial charge in [0, 0.05) is 31.7 Å². The van der Waals surface area contributed by atoms with E-state index in [9.17, 15) is 9.59 Å². The summed E-state index contributed by atoms with van der Waals surface area (Å²) in [6, 6.07) is 17.7. The lowest BCUT2D eigenvalue weighted by Gasteiger charge is -2.29. The van der Waals surface area contributed by atoms with Crippen LogP contribution in [0.25, 0.3) is 0 Å². The van der Waals surface area contributed by atoms with Gasteiger partial charge in [-0.25, -0.2) is 0 Å². The first-order valence-electron chi connectivity index (χ1n) is 9.23. The van der Waals surface area contributed by atoms with Crippen LogP contribution in [0.5, 0.6) is 0 Å². The van der Waals surface area contributed by atoms with Crippen molar-refractivity contribution in [3.05, 3.63) is 71.3 Å². The van der Waals surface area contributed by atoms with Crippen molar-refractivity contribution in [1.29, 1.82) is 0 Å². The van der Waals surface area contributed by atoms with Gasteiger partial charge in [-0.15, -0.1) is 0 Å².